The average molecular weight is 298 g/mol. The van der Waals surface area contributed by atoms with Crippen LogP contribution in [0.1, 0.15) is 19.1 Å². The first-order chi connectivity index (χ1) is 9.63. The second-order valence-electron chi connectivity index (χ2n) is 4.56. The van der Waals surface area contributed by atoms with E-state index < -0.39 is 5.82 Å². The fourth-order valence-corrected chi connectivity index (χ4v) is 2.04. The Kier molecular flexibility index (Phi) is 5.17. The first-order valence-corrected chi connectivity index (χ1v) is 6.90. The molecule has 3 nitrogen and oxygen atoms in total. The monoisotopic (exact) mass is 297 g/mol. The third-order valence-corrected chi connectivity index (χ3v) is 3.43. The fourth-order valence-electron chi connectivity index (χ4n) is 1.86. The van der Waals surface area contributed by atoms with Gasteiger partial charge in [0.05, 0.1) is 18.2 Å². The number of aliphatic hydroxyl groups excluding tert-OH is 1. The van der Waals surface area contributed by atoms with Gasteiger partial charge in [0.15, 0.2) is 0 Å². The van der Waals surface area contributed by atoms with E-state index in [2.05, 4.69) is 5.32 Å². The van der Waals surface area contributed by atoms with E-state index in [0.29, 0.717) is 12.3 Å². The molecule has 108 valence electrons. The van der Waals surface area contributed by atoms with Gasteiger partial charge in [-0.25, -0.2) is 4.39 Å². The lowest BCUT2D eigenvalue weighted by Gasteiger charge is -2.12. The van der Waals surface area contributed by atoms with E-state index in [-0.39, 0.29) is 17.7 Å². The maximum absolute atomic E-state index is 13.1. The summed E-state index contributed by atoms with van der Waals surface area (Å²) in [5, 5.41) is 12.4. The summed E-state index contributed by atoms with van der Waals surface area (Å²) in [4.78, 5) is 0. The number of nitrogens with one attached hydrogen (secondary N) is 1. The zero-order valence-corrected chi connectivity index (χ0v) is 12.0. The molecule has 1 aromatic carbocycles. The van der Waals surface area contributed by atoms with E-state index >= 15 is 0 Å². The molecule has 0 unspecified atom stereocenters. The number of furan rings is 1. The lowest BCUT2D eigenvalue weighted by Crippen LogP contribution is -2.30. The van der Waals surface area contributed by atoms with Gasteiger partial charge >= 0.3 is 0 Å². The molecule has 0 spiro atoms. The second kappa shape index (κ2) is 6.88. The maximum atomic E-state index is 13.1. The molecule has 0 saturated carbocycles. The molecule has 0 fully saturated rings. The van der Waals surface area contributed by atoms with Gasteiger partial charge in [-0.1, -0.05) is 18.5 Å². The summed E-state index contributed by atoms with van der Waals surface area (Å²) in [6.45, 7) is 2.63. The van der Waals surface area contributed by atoms with Gasteiger partial charge in [0, 0.05) is 11.6 Å². The van der Waals surface area contributed by atoms with Crippen LogP contribution in [0.5, 0.6) is 0 Å². The molecule has 2 N–H and O–H groups in total. The summed E-state index contributed by atoms with van der Waals surface area (Å²) in [7, 11) is 0. The number of aliphatic hydroxyl groups is 1. The van der Waals surface area contributed by atoms with Gasteiger partial charge in [-0.2, -0.15) is 0 Å². The Labute approximate surface area is 122 Å². The highest BCUT2D eigenvalue weighted by molar-refractivity contribution is 6.31. The van der Waals surface area contributed by atoms with E-state index in [1.165, 1.54) is 12.1 Å². The minimum Gasteiger partial charge on any atom is -0.460 e. The van der Waals surface area contributed by atoms with Crippen LogP contribution in [0.15, 0.2) is 34.7 Å². The Morgan fingerprint density at radius 2 is 2.15 bits per heavy atom. The van der Waals surface area contributed by atoms with Gasteiger partial charge < -0.3 is 14.8 Å². The van der Waals surface area contributed by atoms with Crippen LogP contribution in [0.3, 0.4) is 0 Å². The van der Waals surface area contributed by atoms with Crippen LogP contribution in [-0.2, 0) is 6.54 Å². The molecular formula is C15H17ClFNO2. The lowest BCUT2D eigenvalue weighted by molar-refractivity contribution is 0.235. The number of halogens is 2. The van der Waals surface area contributed by atoms with Crippen LogP contribution >= 0.6 is 11.6 Å². The van der Waals surface area contributed by atoms with Crippen molar-refractivity contribution < 1.29 is 13.9 Å². The van der Waals surface area contributed by atoms with Crippen molar-refractivity contribution in [2.24, 2.45) is 0 Å². The van der Waals surface area contributed by atoms with Crippen LogP contribution in [0.2, 0.25) is 5.02 Å². The van der Waals surface area contributed by atoms with E-state index in [0.717, 1.165) is 17.7 Å². The highest BCUT2D eigenvalue weighted by Crippen LogP contribution is 2.26. The van der Waals surface area contributed by atoms with Crippen molar-refractivity contribution in [1.82, 2.24) is 5.32 Å². The molecule has 2 aromatic rings. The number of benzene rings is 1. The van der Waals surface area contributed by atoms with E-state index in [1.54, 1.807) is 6.07 Å². The van der Waals surface area contributed by atoms with Gasteiger partial charge in [-0.3, -0.25) is 0 Å². The van der Waals surface area contributed by atoms with Crippen molar-refractivity contribution in [2.45, 2.75) is 25.9 Å². The van der Waals surface area contributed by atoms with Gasteiger partial charge in [0.1, 0.15) is 17.3 Å². The van der Waals surface area contributed by atoms with Crippen LogP contribution in [0.25, 0.3) is 11.3 Å². The maximum Gasteiger partial charge on any atom is 0.141 e. The Morgan fingerprint density at radius 3 is 2.80 bits per heavy atom. The van der Waals surface area contributed by atoms with Gasteiger partial charge in [0.2, 0.25) is 0 Å². The van der Waals surface area contributed by atoms with Crippen LogP contribution in [-0.4, -0.2) is 17.8 Å². The van der Waals surface area contributed by atoms with E-state index in [9.17, 15) is 4.39 Å². The van der Waals surface area contributed by atoms with Crippen molar-refractivity contribution in [3.8, 4) is 11.3 Å². The minimum absolute atomic E-state index is 0.0591. The predicted molar refractivity (Wildman–Crippen MR) is 77.1 cm³/mol. The van der Waals surface area contributed by atoms with Crippen molar-refractivity contribution >= 4 is 11.6 Å². The third-order valence-electron chi connectivity index (χ3n) is 3.14. The summed E-state index contributed by atoms with van der Waals surface area (Å²) in [5.74, 6) is 0.950. The minimum atomic E-state index is -0.447. The standard InChI is InChI=1S/C15H17ClFNO2/c1-2-11(9-19)18-8-12-4-6-15(20-12)10-3-5-14(17)13(16)7-10/h3-7,11,18-19H,2,8-9H2,1H3/t11-/m1/s1. The number of hydrogen-bond donors (Lipinski definition) is 2. The molecule has 0 aliphatic carbocycles. The Balaban J connectivity index is 2.06. The first-order valence-electron chi connectivity index (χ1n) is 6.52. The molecule has 0 amide bonds. The van der Waals surface area contributed by atoms with Crippen molar-refractivity contribution in [2.75, 3.05) is 6.61 Å². The Bertz CT molecular complexity index is 567. The van der Waals surface area contributed by atoms with Crippen LogP contribution < -0.4 is 5.32 Å². The van der Waals surface area contributed by atoms with Crippen molar-refractivity contribution in [1.29, 1.82) is 0 Å². The molecule has 0 bridgehead atoms. The van der Waals surface area contributed by atoms with Gasteiger partial charge in [-0.05, 0) is 36.8 Å². The molecule has 1 heterocycles. The molecule has 0 aliphatic rings. The molecule has 0 radical (unpaired) electrons. The molecule has 2 rings (SSSR count). The molecule has 5 heteroatoms. The SMILES string of the molecule is CC[C@H](CO)NCc1ccc(-c2ccc(F)c(Cl)c2)o1. The molecule has 0 saturated heterocycles. The molecular weight excluding hydrogens is 281 g/mol. The average Bonchev–Trinajstić information content (AvgIpc) is 2.92. The zero-order valence-electron chi connectivity index (χ0n) is 11.2. The highest BCUT2D eigenvalue weighted by Gasteiger charge is 2.09. The van der Waals surface area contributed by atoms with E-state index in [1.807, 2.05) is 19.1 Å². The van der Waals surface area contributed by atoms with Gasteiger partial charge in [0.25, 0.3) is 0 Å². The third kappa shape index (κ3) is 3.60. The summed E-state index contributed by atoms with van der Waals surface area (Å²) in [5.41, 5.74) is 0.733. The summed E-state index contributed by atoms with van der Waals surface area (Å²) in [6.07, 6.45) is 0.845. The Morgan fingerprint density at radius 1 is 1.35 bits per heavy atom. The smallest absolute Gasteiger partial charge is 0.141 e. The first kappa shape index (κ1) is 15.0. The zero-order chi connectivity index (χ0) is 14.5. The van der Waals surface area contributed by atoms with Crippen molar-refractivity contribution in [3.05, 3.63) is 46.9 Å². The lowest BCUT2D eigenvalue weighted by atomic mass is 10.2. The quantitative estimate of drug-likeness (QED) is 0.856. The summed E-state index contributed by atoms with van der Waals surface area (Å²) in [6, 6.07) is 8.21. The van der Waals surface area contributed by atoms with E-state index in [4.69, 9.17) is 21.1 Å². The normalized spacial score (nSPS) is 12.6. The second-order valence-corrected chi connectivity index (χ2v) is 4.97. The Hall–Kier alpha value is -1.36. The molecule has 0 aliphatic heterocycles. The topological polar surface area (TPSA) is 45.4 Å². The predicted octanol–water partition coefficient (Wildman–Crippen LogP) is 3.60. The van der Waals surface area contributed by atoms with Crippen molar-refractivity contribution in [3.63, 3.8) is 0 Å². The van der Waals surface area contributed by atoms with Crippen LogP contribution in [0, 0.1) is 5.82 Å². The van der Waals surface area contributed by atoms with Gasteiger partial charge in [-0.15, -0.1) is 0 Å². The largest absolute Gasteiger partial charge is 0.460 e. The molecule has 20 heavy (non-hydrogen) atoms. The summed E-state index contributed by atoms with van der Waals surface area (Å²) >= 11 is 5.75. The fraction of sp³-hybridized carbons (Fsp3) is 0.333. The summed E-state index contributed by atoms with van der Waals surface area (Å²) < 4.78 is 18.8. The van der Waals surface area contributed by atoms with Crippen LogP contribution in [0.4, 0.5) is 4.39 Å². The number of rotatable bonds is 6. The molecule has 1 atom stereocenters. The molecule has 1 aromatic heterocycles. The number of hydrogen-bond acceptors (Lipinski definition) is 3. The highest BCUT2D eigenvalue weighted by atomic mass is 35.5.